The van der Waals surface area contributed by atoms with Gasteiger partial charge in [-0.2, -0.15) is 0 Å². The largest absolute Gasteiger partial charge is 0.337 e. The van der Waals surface area contributed by atoms with Crippen LogP contribution in [-0.2, 0) is 11.2 Å². The van der Waals surface area contributed by atoms with E-state index in [-0.39, 0.29) is 11.8 Å². The number of piperidine rings is 1. The number of rotatable bonds is 4. The van der Waals surface area contributed by atoms with Crippen LogP contribution >= 0.6 is 11.3 Å². The highest BCUT2D eigenvalue weighted by molar-refractivity contribution is 7.14. The van der Waals surface area contributed by atoms with E-state index in [0.717, 1.165) is 32.4 Å². The van der Waals surface area contributed by atoms with E-state index in [0.29, 0.717) is 16.7 Å². The zero-order valence-electron chi connectivity index (χ0n) is 13.7. The van der Waals surface area contributed by atoms with Gasteiger partial charge in [-0.25, -0.2) is 4.98 Å². The van der Waals surface area contributed by atoms with E-state index in [1.54, 1.807) is 5.38 Å². The molecule has 1 aromatic heterocycles. The number of carbonyl (C=O) groups excluding carboxylic acids is 2. The van der Waals surface area contributed by atoms with E-state index < -0.39 is 0 Å². The highest BCUT2D eigenvalue weighted by Gasteiger charge is 2.25. The Morgan fingerprint density at radius 2 is 1.96 bits per heavy atom. The van der Waals surface area contributed by atoms with Crippen LogP contribution in [0.2, 0.25) is 0 Å². The summed E-state index contributed by atoms with van der Waals surface area (Å²) < 4.78 is 0. The van der Waals surface area contributed by atoms with Gasteiger partial charge < -0.3 is 10.2 Å². The van der Waals surface area contributed by atoms with Gasteiger partial charge in [-0.05, 0) is 30.7 Å². The summed E-state index contributed by atoms with van der Waals surface area (Å²) >= 11 is 1.28. The molecule has 126 valence electrons. The first-order chi connectivity index (χ1) is 11.6. The first-order valence-corrected chi connectivity index (χ1v) is 9.06. The van der Waals surface area contributed by atoms with Crippen LogP contribution in [-0.4, -0.2) is 34.8 Å². The molecule has 2 amide bonds. The maximum Gasteiger partial charge on any atom is 0.273 e. The van der Waals surface area contributed by atoms with Gasteiger partial charge in [0.25, 0.3) is 5.91 Å². The zero-order chi connectivity index (χ0) is 16.9. The van der Waals surface area contributed by atoms with Gasteiger partial charge in [0.1, 0.15) is 5.69 Å². The molecule has 0 spiro atoms. The first kappa shape index (κ1) is 16.6. The number of amides is 2. The van der Waals surface area contributed by atoms with Gasteiger partial charge in [-0.15, -0.1) is 11.3 Å². The third-order valence-corrected chi connectivity index (χ3v) is 5.03. The van der Waals surface area contributed by atoms with Gasteiger partial charge in [0, 0.05) is 25.4 Å². The lowest BCUT2D eigenvalue weighted by Gasteiger charge is -2.31. The van der Waals surface area contributed by atoms with Crippen molar-refractivity contribution in [2.75, 3.05) is 18.4 Å². The molecular weight excluding hydrogens is 322 g/mol. The summed E-state index contributed by atoms with van der Waals surface area (Å²) in [5, 5.41) is 4.80. The summed E-state index contributed by atoms with van der Waals surface area (Å²) in [6, 6.07) is 10.5. The van der Waals surface area contributed by atoms with Gasteiger partial charge in [0.15, 0.2) is 5.13 Å². The topological polar surface area (TPSA) is 62.3 Å². The molecule has 24 heavy (non-hydrogen) atoms. The maximum atomic E-state index is 12.5. The van der Waals surface area contributed by atoms with E-state index in [9.17, 15) is 9.59 Å². The number of nitrogens with zero attached hydrogens (tertiary/aromatic N) is 2. The van der Waals surface area contributed by atoms with E-state index >= 15 is 0 Å². The van der Waals surface area contributed by atoms with Gasteiger partial charge in [0.05, 0.1) is 0 Å². The Kier molecular flexibility index (Phi) is 5.25. The molecule has 1 aliphatic heterocycles. The Balaban J connectivity index is 1.53. The fourth-order valence-corrected chi connectivity index (χ4v) is 3.76. The third kappa shape index (κ3) is 4.20. The molecule has 0 unspecified atom stereocenters. The number of nitrogens with one attached hydrogen (secondary N) is 1. The summed E-state index contributed by atoms with van der Waals surface area (Å²) in [6.07, 6.45) is 3.11. The second-order valence-corrected chi connectivity index (χ2v) is 7.00. The maximum absolute atomic E-state index is 12.5. The Labute approximate surface area is 145 Å². The average molecular weight is 343 g/mol. The van der Waals surface area contributed by atoms with Crippen LogP contribution in [0.4, 0.5) is 5.13 Å². The molecule has 1 fully saturated rings. The number of carbonyl (C=O) groups is 2. The molecule has 2 aromatic rings. The molecule has 3 rings (SSSR count). The van der Waals surface area contributed by atoms with Crippen LogP contribution in [0, 0.1) is 5.92 Å². The van der Waals surface area contributed by atoms with E-state index in [1.165, 1.54) is 23.8 Å². The molecule has 1 aromatic carbocycles. The Bertz CT molecular complexity index is 706. The summed E-state index contributed by atoms with van der Waals surface area (Å²) in [5.74, 6) is 0.410. The summed E-state index contributed by atoms with van der Waals surface area (Å²) in [4.78, 5) is 29.6. The van der Waals surface area contributed by atoms with Gasteiger partial charge in [0.2, 0.25) is 5.91 Å². The molecule has 5 nitrogen and oxygen atoms in total. The fourth-order valence-electron chi connectivity index (χ4n) is 3.03. The molecule has 0 aliphatic carbocycles. The zero-order valence-corrected chi connectivity index (χ0v) is 14.5. The summed E-state index contributed by atoms with van der Waals surface area (Å²) in [7, 11) is 0. The van der Waals surface area contributed by atoms with Crippen molar-refractivity contribution in [2.24, 2.45) is 5.92 Å². The third-order valence-electron chi connectivity index (χ3n) is 4.28. The lowest BCUT2D eigenvalue weighted by molar-refractivity contribution is -0.114. The molecule has 1 saturated heterocycles. The Morgan fingerprint density at radius 3 is 2.62 bits per heavy atom. The summed E-state index contributed by atoms with van der Waals surface area (Å²) in [6.45, 7) is 2.97. The molecule has 1 aliphatic rings. The van der Waals surface area contributed by atoms with Crippen molar-refractivity contribution in [3.63, 3.8) is 0 Å². The predicted molar refractivity (Wildman–Crippen MR) is 95.2 cm³/mol. The van der Waals surface area contributed by atoms with E-state index in [1.807, 2.05) is 11.0 Å². The lowest BCUT2D eigenvalue weighted by Crippen LogP contribution is -2.39. The summed E-state index contributed by atoms with van der Waals surface area (Å²) in [5.41, 5.74) is 1.78. The van der Waals surface area contributed by atoms with E-state index in [2.05, 4.69) is 34.6 Å². The number of thiazole rings is 1. The van der Waals surface area contributed by atoms with Gasteiger partial charge >= 0.3 is 0 Å². The van der Waals surface area contributed by atoms with Crippen molar-refractivity contribution in [2.45, 2.75) is 26.2 Å². The smallest absolute Gasteiger partial charge is 0.273 e. The van der Waals surface area contributed by atoms with Crippen LogP contribution in [0.5, 0.6) is 0 Å². The van der Waals surface area contributed by atoms with Crippen molar-refractivity contribution in [3.8, 4) is 0 Å². The number of hydrogen-bond donors (Lipinski definition) is 1. The minimum atomic E-state index is -0.176. The Morgan fingerprint density at radius 1 is 1.25 bits per heavy atom. The van der Waals surface area contributed by atoms with Crippen molar-refractivity contribution >= 4 is 28.3 Å². The lowest BCUT2D eigenvalue weighted by atomic mass is 9.90. The van der Waals surface area contributed by atoms with Crippen LogP contribution < -0.4 is 5.32 Å². The molecule has 0 atom stereocenters. The molecule has 1 N–H and O–H groups in total. The number of aromatic nitrogens is 1. The molecular formula is C18H21N3O2S. The number of likely N-dealkylation sites (tertiary alicyclic amines) is 1. The fraction of sp³-hybridized carbons (Fsp3) is 0.389. The normalized spacial score (nSPS) is 15.3. The van der Waals surface area contributed by atoms with Crippen LogP contribution in [0.15, 0.2) is 35.7 Å². The highest BCUT2D eigenvalue weighted by atomic mass is 32.1. The second kappa shape index (κ2) is 7.57. The van der Waals surface area contributed by atoms with Crippen molar-refractivity contribution in [1.29, 1.82) is 0 Å². The predicted octanol–water partition coefficient (Wildman–Crippen LogP) is 3.20. The van der Waals surface area contributed by atoms with Crippen molar-refractivity contribution < 1.29 is 9.59 Å². The molecule has 0 bridgehead atoms. The van der Waals surface area contributed by atoms with Crippen LogP contribution in [0.25, 0.3) is 0 Å². The minimum absolute atomic E-state index is 0.0407. The average Bonchev–Trinajstić information content (AvgIpc) is 3.03. The number of hydrogen-bond acceptors (Lipinski definition) is 4. The second-order valence-electron chi connectivity index (χ2n) is 6.14. The first-order valence-electron chi connectivity index (χ1n) is 8.18. The monoisotopic (exact) mass is 343 g/mol. The molecule has 2 heterocycles. The quantitative estimate of drug-likeness (QED) is 0.927. The Hall–Kier alpha value is -2.21. The van der Waals surface area contributed by atoms with E-state index in [4.69, 9.17) is 0 Å². The molecule has 0 saturated carbocycles. The molecule has 6 heteroatoms. The van der Waals surface area contributed by atoms with Crippen LogP contribution in [0.1, 0.15) is 35.8 Å². The van der Waals surface area contributed by atoms with Crippen molar-refractivity contribution in [3.05, 3.63) is 47.0 Å². The number of benzene rings is 1. The SMILES string of the molecule is CC(=O)Nc1nc(C(=O)N2CCC(Cc3ccccc3)CC2)cs1. The number of anilines is 1. The van der Waals surface area contributed by atoms with Crippen LogP contribution in [0.3, 0.4) is 0 Å². The van der Waals surface area contributed by atoms with Crippen molar-refractivity contribution in [1.82, 2.24) is 9.88 Å². The standard InChI is InChI=1S/C18H21N3O2S/c1-13(22)19-18-20-16(12-24-18)17(23)21-9-7-15(8-10-21)11-14-5-3-2-4-6-14/h2-6,12,15H,7-11H2,1H3,(H,19,20,22). The molecule has 0 radical (unpaired) electrons. The minimum Gasteiger partial charge on any atom is -0.337 e. The highest BCUT2D eigenvalue weighted by Crippen LogP contribution is 2.24. The van der Waals surface area contributed by atoms with Gasteiger partial charge in [-0.1, -0.05) is 30.3 Å². The van der Waals surface area contributed by atoms with Gasteiger partial charge in [-0.3, -0.25) is 9.59 Å².